The van der Waals surface area contributed by atoms with Crippen LogP contribution in [0.25, 0.3) is 0 Å². The maximum atomic E-state index is 12.5. The van der Waals surface area contributed by atoms with Crippen molar-refractivity contribution in [3.63, 3.8) is 0 Å². The summed E-state index contributed by atoms with van der Waals surface area (Å²) in [5, 5.41) is 0. The molecule has 6 heteroatoms. The molecule has 0 bridgehead atoms. The summed E-state index contributed by atoms with van der Waals surface area (Å²) in [5.41, 5.74) is 4.03. The molecule has 1 aliphatic heterocycles. The second-order valence-corrected chi connectivity index (χ2v) is 7.45. The molecule has 0 saturated carbocycles. The van der Waals surface area contributed by atoms with E-state index in [1.165, 1.54) is 10.4 Å². The summed E-state index contributed by atoms with van der Waals surface area (Å²) in [6.45, 7) is 3.42. The van der Waals surface area contributed by atoms with E-state index >= 15 is 0 Å². The average molecular weight is 357 g/mol. The van der Waals surface area contributed by atoms with Crippen molar-refractivity contribution in [2.24, 2.45) is 0 Å². The molecule has 1 unspecified atom stereocenters. The van der Waals surface area contributed by atoms with Crippen molar-refractivity contribution in [1.29, 1.82) is 0 Å². The van der Waals surface area contributed by atoms with Gasteiger partial charge < -0.3 is 9.80 Å². The fourth-order valence-electron chi connectivity index (χ4n) is 3.12. The van der Waals surface area contributed by atoms with Crippen molar-refractivity contribution >= 4 is 23.2 Å². The predicted molar refractivity (Wildman–Crippen MR) is 98.6 cm³/mol. The van der Waals surface area contributed by atoms with Crippen molar-refractivity contribution < 1.29 is 9.59 Å². The Morgan fingerprint density at radius 1 is 1.36 bits per heavy atom. The van der Waals surface area contributed by atoms with Crippen LogP contribution in [-0.2, 0) is 16.0 Å². The van der Waals surface area contributed by atoms with Crippen LogP contribution in [-0.4, -0.2) is 53.3 Å². The average Bonchev–Trinajstić information content (AvgIpc) is 3.19. The fourth-order valence-corrected chi connectivity index (χ4v) is 3.89. The molecule has 1 aromatic heterocycles. The van der Waals surface area contributed by atoms with E-state index in [0.29, 0.717) is 19.5 Å². The van der Waals surface area contributed by atoms with Gasteiger partial charge in [-0.05, 0) is 12.5 Å². The normalized spacial score (nSPS) is 17.1. The third kappa shape index (κ3) is 4.25. The van der Waals surface area contributed by atoms with E-state index < -0.39 is 0 Å². The van der Waals surface area contributed by atoms with Gasteiger partial charge in [-0.1, -0.05) is 30.3 Å². The number of thiazole rings is 1. The smallest absolute Gasteiger partial charge is 0.241 e. The van der Waals surface area contributed by atoms with Crippen molar-refractivity contribution in [1.82, 2.24) is 14.8 Å². The van der Waals surface area contributed by atoms with Crippen LogP contribution in [0.3, 0.4) is 0 Å². The first-order valence-electron chi connectivity index (χ1n) is 8.50. The third-order valence-corrected chi connectivity index (χ3v) is 5.75. The lowest BCUT2D eigenvalue weighted by Gasteiger charge is -2.22. The molecular weight excluding hydrogens is 334 g/mol. The largest absolute Gasteiger partial charge is 0.344 e. The van der Waals surface area contributed by atoms with Gasteiger partial charge in [-0.15, -0.1) is 11.3 Å². The minimum atomic E-state index is -0.00997. The summed E-state index contributed by atoms with van der Waals surface area (Å²) in [4.78, 5) is 33.5. The molecule has 5 nitrogen and oxygen atoms in total. The van der Waals surface area contributed by atoms with E-state index in [-0.39, 0.29) is 24.3 Å². The SMILES string of the molecule is Cc1ncsc1CCN(C)C(=O)CN1CC(c2ccccc2)CC1=O. The lowest BCUT2D eigenvalue weighted by molar-refractivity contribution is -0.137. The second kappa shape index (κ2) is 7.78. The molecule has 1 aromatic carbocycles. The summed E-state index contributed by atoms with van der Waals surface area (Å²) in [7, 11) is 1.80. The molecule has 2 heterocycles. The van der Waals surface area contributed by atoms with Gasteiger partial charge in [0.1, 0.15) is 0 Å². The molecule has 0 aliphatic carbocycles. The van der Waals surface area contributed by atoms with Gasteiger partial charge in [0.15, 0.2) is 0 Å². The minimum absolute atomic E-state index is 0.00997. The molecule has 0 radical (unpaired) electrons. The molecule has 1 aliphatic rings. The molecule has 0 N–H and O–H groups in total. The summed E-state index contributed by atoms with van der Waals surface area (Å²) in [6.07, 6.45) is 1.29. The standard InChI is InChI=1S/C19H23N3O2S/c1-14-17(25-13-20-14)8-9-21(2)19(24)12-22-11-16(10-18(22)23)15-6-4-3-5-7-15/h3-7,13,16H,8-12H2,1-2H3. The predicted octanol–water partition coefficient (Wildman–Crippen LogP) is 2.47. The molecular formula is C19H23N3O2S. The molecule has 0 spiro atoms. The number of aryl methyl sites for hydroxylation is 1. The van der Waals surface area contributed by atoms with Crippen LogP contribution in [0.5, 0.6) is 0 Å². The lowest BCUT2D eigenvalue weighted by Crippen LogP contribution is -2.39. The van der Waals surface area contributed by atoms with Gasteiger partial charge in [-0.2, -0.15) is 0 Å². The number of rotatable bonds is 6. The van der Waals surface area contributed by atoms with Gasteiger partial charge in [0.25, 0.3) is 0 Å². The minimum Gasteiger partial charge on any atom is -0.344 e. The second-order valence-electron chi connectivity index (χ2n) is 6.51. The Morgan fingerprint density at radius 2 is 2.12 bits per heavy atom. The highest BCUT2D eigenvalue weighted by Gasteiger charge is 2.32. The van der Waals surface area contributed by atoms with E-state index in [0.717, 1.165) is 12.1 Å². The van der Waals surface area contributed by atoms with Crippen LogP contribution in [0.1, 0.15) is 28.5 Å². The van der Waals surface area contributed by atoms with E-state index in [1.807, 2.05) is 42.8 Å². The monoisotopic (exact) mass is 357 g/mol. The third-order valence-electron chi connectivity index (χ3n) is 4.76. The number of benzene rings is 1. The van der Waals surface area contributed by atoms with E-state index in [2.05, 4.69) is 4.98 Å². The van der Waals surface area contributed by atoms with Crippen LogP contribution < -0.4 is 0 Å². The van der Waals surface area contributed by atoms with Crippen molar-refractivity contribution in [3.05, 3.63) is 52.0 Å². The number of carbonyl (C=O) groups excluding carboxylic acids is 2. The number of nitrogens with zero attached hydrogens (tertiary/aromatic N) is 3. The Labute approximate surface area is 152 Å². The van der Waals surface area contributed by atoms with Crippen LogP contribution in [0, 0.1) is 6.92 Å². The Bertz CT molecular complexity index is 744. The highest BCUT2D eigenvalue weighted by Crippen LogP contribution is 2.27. The van der Waals surface area contributed by atoms with Crippen LogP contribution in [0.15, 0.2) is 35.8 Å². The van der Waals surface area contributed by atoms with Gasteiger partial charge in [0.05, 0.1) is 17.7 Å². The molecule has 1 saturated heterocycles. The zero-order chi connectivity index (χ0) is 17.8. The first kappa shape index (κ1) is 17.6. The fraction of sp³-hybridized carbons (Fsp3) is 0.421. The first-order chi connectivity index (χ1) is 12.0. The van der Waals surface area contributed by atoms with Crippen molar-refractivity contribution in [3.8, 4) is 0 Å². The zero-order valence-electron chi connectivity index (χ0n) is 14.6. The number of likely N-dealkylation sites (tertiary alicyclic amines) is 1. The van der Waals surface area contributed by atoms with Gasteiger partial charge in [0.2, 0.25) is 11.8 Å². The van der Waals surface area contributed by atoms with Crippen LogP contribution in [0.2, 0.25) is 0 Å². The molecule has 132 valence electrons. The number of carbonyl (C=O) groups is 2. The summed E-state index contributed by atoms with van der Waals surface area (Å²) >= 11 is 1.62. The molecule has 3 rings (SSSR count). The topological polar surface area (TPSA) is 53.5 Å². The number of likely N-dealkylation sites (N-methyl/N-ethyl adjacent to an activating group) is 1. The van der Waals surface area contributed by atoms with Gasteiger partial charge in [-0.3, -0.25) is 9.59 Å². The van der Waals surface area contributed by atoms with E-state index in [9.17, 15) is 9.59 Å². The summed E-state index contributed by atoms with van der Waals surface area (Å²) < 4.78 is 0. The number of amides is 2. The molecule has 2 amide bonds. The lowest BCUT2D eigenvalue weighted by atomic mass is 9.99. The van der Waals surface area contributed by atoms with Gasteiger partial charge in [-0.25, -0.2) is 4.98 Å². The first-order valence-corrected chi connectivity index (χ1v) is 9.38. The molecule has 1 fully saturated rings. The van der Waals surface area contributed by atoms with E-state index in [4.69, 9.17) is 0 Å². The molecule has 25 heavy (non-hydrogen) atoms. The van der Waals surface area contributed by atoms with Crippen molar-refractivity contribution in [2.45, 2.75) is 25.7 Å². The van der Waals surface area contributed by atoms with Crippen LogP contribution >= 0.6 is 11.3 Å². The quantitative estimate of drug-likeness (QED) is 0.798. The maximum absolute atomic E-state index is 12.5. The number of hydrogen-bond donors (Lipinski definition) is 0. The Morgan fingerprint density at radius 3 is 2.80 bits per heavy atom. The maximum Gasteiger partial charge on any atom is 0.241 e. The highest BCUT2D eigenvalue weighted by molar-refractivity contribution is 7.09. The van der Waals surface area contributed by atoms with Gasteiger partial charge in [0, 0.05) is 43.8 Å². The highest BCUT2D eigenvalue weighted by atomic mass is 32.1. The Balaban J connectivity index is 1.52. The zero-order valence-corrected chi connectivity index (χ0v) is 15.5. The van der Waals surface area contributed by atoms with Crippen LogP contribution in [0.4, 0.5) is 0 Å². The molecule has 2 aromatic rings. The Hall–Kier alpha value is -2.21. The summed E-state index contributed by atoms with van der Waals surface area (Å²) in [5.74, 6) is 0.241. The van der Waals surface area contributed by atoms with Crippen molar-refractivity contribution in [2.75, 3.05) is 26.7 Å². The summed E-state index contributed by atoms with van der Waals surface area (Å²) in [6, 6.07) is 10.0. The Kier molecular flexibility index (Phi) is 5.48. The number of hydrogen-bond acceptors (Lipinski definition) is 4. The number of aromatic nitrogens is 1. The molecule has 1 atom stereocenters. The van der Waals surface area contributed by atoms with Gasteiger partial charge >= 0.3 is 0 Å². The van der Waals surface area contributed by atoms with E-state index in [1.54, 1.807) is 28.2 Å².